The Morgan fingerprint density at radius 1 is 1.29 bits per heavy atom. The van der Waals surface area contributed by atoms with Gasteiger partial charge in [-0.1, -0.05) is 0 Å². The Labute approximate surface area is 141 Å². The van der Waals surface area contributed by atoms with Crippen molar-refractivity contribution >= 4 is 11.7 Å². The molecule has 0 bridgehead atoms. The van der Waals surface area contributed by atoms with Crippen molar-refractivity contribution < 1.29 is 19.1 Å². The second-order valence-electron chi connectivity index (χ2n) is 5.90. The Morgan fingerprint density at radius 3 is 2.62 bits per heavy atom. The van der Waals surface area contributed by atoms with Crippen molar-refractivity contribution in [2.45, 2.75) is 33.3 Å². The van der Waals surface area contributed by atoms with Gasteiger partial charge in [0.2, 0.25) is 0 Å². The van der Waals surface area contributed by atoms with Crippen LogP contribution in [0, 0.1) is 13.8 Å². The molecule has 0 saturated carbocycles. The Kier molecular flexibility index (Phi) is 5.51. The van der Waals surface area contributed by atoms with E-state index < -0.39 is 11.6 Å². The molecule has 0 aliphatic heterocycles. The summed E-state index contributed by atoms with van der Waals surface area (Å²) in [5.74, 6) is 1.88. The number of aryl methyl sites for hydroxylation is 2. The number of urea groups is 1. The normalized spacial score (nSPS) is 13.2. The number of benzene rings is 1. The lowest BCUT2D eigenvalue weighted by molar-refractivity contribution is 0.0364. The maximum atomic E-state index is 12.1. The number of hydrogen-bond acceptors (Lipinski definition) is 4. The second-order valence-corrected chi connectivity index (χ2v) is 5.90. The molecular formula is C18H24N2O4. The second kappa shape index (κ2) is 7.40. The van der Waals surface area contributed by atoms with Gasteiger partial charge < -0.3 is 24.9 Å². The molecule has 3 N–H and O–H groups in total. The van der Waals surface area contributed by atoms with E-state index in [2.05, 4.69) is 10.6 Å². The first kappa shape index (κ1) is 17.9. The van der Waals surface area contributed by atoms with Crippen LogP contribution in [0.2, 0.25) is 0 Å². The molecule has 24 heavy (non-hydrogen) atoms. The summed E-state index contributed by atoms with van der Waals surface area (Å²) in [5, 5.41) is 15.8. The molecule has 0 fully saturated rings. The monoisotopic (exact) mass is 332 g/mol. The van der Waals surface area contributed by atoms with E-state index >= 15 is 0 Å². The van der Waals surface area contributed by atoms with Crippen molar-refractivity contribution in [2.75, 3.05) is 18.5 Å². The summed E-state index contributed by atoms with van der Waals surface area (Å²) in [5.41, 5.74) is 0.299. The number of furan rings is 1. The average Bonchev–Trinajstić information content (AvgIpc) is 2.96. The molecule has 1 heterocycles. The summed E-state index contributed by atoms with van der Waals surface area (Å²) in [6.07, 6.45) is 0. The van der Waals surface area contributed by atoms with E-state index in [4.69, 9.17) is 9.15 Å². The summed E-state index contributed by atoms with van der Waals surface area (Å²) in [6, 6.07) is 8.52. The highest BCUT2D eigenvalue weighted by atomic mass is 16.5. The van der Waals surface area contributed by atoms with E-state index in [1.54, 1.807) is 38.1 Å². The molecule has 6 heteroatoms. The van der Waals surface area contributed by atoms with Crippen molar-refractivity contribution in [1.29, 1.82) is 0 Å². The summed E-state index contributed by atoms with van der Waals surface area (Å²) >= 11 is 0. The van der Waals surface area contributed by atoms with Gasteiger partial charge >= 0.3 is 6.03 Å². The van der Waals surface area contributed by atoms with Crippen LogP contribution in [0.25, 0.3) is 0 Å². The molecule has 2 aromatic rings. The molecule has 1 aromatic carbocycles. The minimum atomic E-state index is -1.28. The van der Waals surface area contributed by atoms with Gasteiger partial charge in [-0.2, -0.15) is 0 Å². The Bertz CT molecular complexity index is 707. The third-order valence-corrected chi connectivity index (χ3v) is 3.62. The third kappa shape index (κ3) is 4.52. The molecule has 0 radical (unpaired) electrons. The smallest absolute Gasteiger partial charge is 0.319 e. The van der Waals surface area contributed by atoms with Gasteiger partial charge in [-0.15, -0.1) is 0 Å². The molecule has 1 unspecified atom stereocenters. The van der Waals surface area contributed by atoms with Gasteiger partial charge in [0.25, 0.3) is 0 Å². The highest BCUT2D eigenvalue weighted by Crippen LogP contribution is 2.23. The number of carbonyl (C=O) groups excluding carboxylic acids is 1. The van der Waals surface area contributed by atoms with E-state index in [-0.39, 0.29) is 6.54 Å². The zero-order valence-electron chi connectivity index (χ0n) is 14.5. The first-order chi connectivity index (χ1) is 11.3. The van der Waals surface area contributed by atoms with Crippen LogP contribution in [0.15, 0.2) is 34.7 Å². The Morgan fingerprint density at radius 2 is 2.04 bits per heavy atom. The maximum absolute atomic E-state index is 12.1. The minimum absolute atomic E-state index is 0.0296. The predicted molar refractivity (Wildman–Crippen MR) is 92.4 cm³/mol. The number of amides is 2. The van der Waals surface area contributed by atoms with Crippen molar-refractivity contribution in [3.63, 3.8) is 0 Å². The topological polar surface area (TPSA) is 83.7 Å². The lowest BCUT2D eigenvalue weighted by atomic mass is 10.0. The van der Waals surface area contributed by atoms with Crippen LogP contribution in [0.4, 0.5) is 10.5 Å². The number of carbonyl (C=O) groups is 1. The molecule has 1 aromatic heterocycles. The number of ether oxygens (including phenoxy) is 1. The van der Waals surface area contributed by atoms with E-state index in [9.17, 15) is 9.90 Å². The van der Waals surface area contributed by atoms with Crippen LogP contribution in [-0.4, -0.2) is 24.3 Å². The number of anilines is 1. The quantitative estimate of drug-likeness (QED) is 0.757. The van der Waals surface area contributed by atoms with Gasteiger partial charge in [0.15, 0.2) is 0 Å². The molecule has 0 aliphatic rings. The summed E-state index contributed by atoms with van der Waals surface area (Å²) in [7, 11) is 0. The number of rotatable bonds is 6. The lowest BCUT2D eigenvalue weighted by Crippen LogP contribution is -2.40. The van der Waals surface area contributed by atoms with E-state index in [1.165, 1.54) is 0 Å². The van der Waals surface area contributed by atoms with E-state index in [0.29, 0.717) is 23.8 Å². The van der Waals surface area contributed by atoms with Crippen LogP contribution in [0.3, 0.4) is 0 Å². The first-order valence-electron chi connectivity index (χ1n) is 7.89. The highest BCUT2D eigenvalue weighted by molar-refractivity contribution is 5.90. The largest absolute Gasteiger partial charge is 0.494 e. The van der Waals surface area contributed by atoms with E-state index in [1.807, 2.05) is 19.9 Å². The number of nitrogens with one attached hydrogen (secondary N) is 2. The van der Waals surface area contributed by atoms with Crippen molar-refractivity contribution in [3.05, 3.63) is 47.4 Å². The van der Waals surface area contributed by atoms with Gasteiger partial charge in [-0.05, 0) is 63.6 Å². The summed E-state index contributed by atoms with van der Waals surface area (Å²) in [4.78, 5) is 12.1. The highest BCUT2D eigenvalue weighted by Gasteiger charge is 2.27. The predicted octanol–water partition coefficient (Wildman–Crippen LogP) is 3.32. The van der Waals surface area contributed by atoms with Crippen LogP contribution >= 0.6 is 0 Å². The fraction of sp³-hybridized carbons (Fsp3) is 0.389. The van der Waals surface area contributed by atoms with Crippen molar-refractivity contribution in [3.8, 4) is 5.75 Å². The van der Waals surface area contributed by atoms with Gasteiger partial charge in [0.1, 0.15) is 22.9 Å². The Hall–Kier alpha value is -2.47. The third-order valence-electron chi connectivity index (χ3n) is 3.62. The molecule has 1 atom stereocenters. The lowest BCUT2D eigenvalue weighted by Gasteiger charge is -2.21. The minimum Gasteiger partial charge on any atom is -0.494 e. The van der Waals surface area contributed by atoms with Gasteiger partial charge in [0.05, 0.1) is 13.2 Å². The SMILES string of the molecule is CCOc1ccc(NC(=O)NCC(C)(O)c2ccc(C)o2)c(C)c1. The summed E-state index contributed by atoms with van der Waals surface area (Å²) < 4.78 is 10.8. The molecule has 2 amide bonds. The van der Waals surface area contributed by atoms with Gasteiger partial charge in [0, 0.05) is 5.69 Å². The fourth-order valence-corrected chi connectivity index (χ4v) is 2.26. The number of hydrogen-bond donors (Lipinski definition) is 3. The van der Waals surface area contributed by atoms with Crippen LogP contribution in [0.5, 0.6) is 5.75 Å². The molecule has 0 aliphatic carbocycles. The van der Waals surface area contributed by atoms with Crippen LogP contribution in [0.1, 0.15) is 30.9 Å². The fourth-order valence-electron chi connectivity index (χ4n) is 2.26. The maximum Gasteiger partial charge on any atom is 0.319 e. The van der Waals surface area contributed by atoms with Crippen LogP contribution < -0.4 is 15.4 Å². The summed E-state index contributed by atoms with van der Waals surface area (Å²) in [6.45, 7) is 7.82. The van der Waals surface area contributed by atoms with E-state index in [0.717, 1.165) is 11.3 Å². The molecule has 130 valence electrons. The first-order valence-corrected chi connectivity index (χ1v) is 7.89. The molecular weight excluding hydrogens is 308 g/mol. The van der Waals surface area contributed by atoms with Crippen molar-refractivity contribution in [2.24, 2.45) is 0 Å². The molecule has 2 rings (SSSR count). The van der Waals surface area contributed by atoms with Crippen LogP contribution in [-0.2, 0) is 5.60 Å². The number of aliphatic hydroxyl groups is 1. The molecule has 0 spiro atoms. The zero-order chi connectivity index (χ0) is 17.7. The van der Waals surface area contributed by atoms with Gasteiger partial charge in [-0.3, -0.25) is 0 Å². The average molecular weight is 332 g/mol. The zero-order valence-corrected chi connectivity index (χ0v) is 14.5. The van der Waals surface area contributed by atoms with Gasteiger partial charge in [-0.25, -0.2) is 4.79 Å². The molecule has 6 nitrogen and oxygen atoms in total. The van der Waals surface area contributed by atoms with Crippen molar-refractivity contribution in [1.82, 2.24) is 5.32 Å². The standard InChI is InChI=1S/C18H24N2O4/c1-5-23-14-7-8-15(12(2)10-14)20-17(21)19-11-18(4,22)16-9-6-13(3)24-16/h6-10,22H,5,11H2,1-4H3,(H2,19,20,21). The Balaban J connectivity index is 1.93. The molecule has 0 saturated heterocycles.